The average molecular weight is 486 g/mol. The van der Waals surface area contributed by atoms with Gasteiger partial charge in [0.1, 0.15) is 5.75 Å². The van der Waals surface area contributed by atoms with E-state index in [1.165, 1.54) is 11.8 Å². The molecule has 1 aromatic heterocycles. The lowest BCUT2D eigenvalue weighted by atomic mass is 10.2. The van der Waals surface area contributed by atoms with Gasteiger partial charge in [0.2, 0.25) is 5.91 Å². The molecular formula is C24H28ClN5O2S. The van der Waals surface area contributed by atoms with E-state index in [0.29, 0.717) is 21.8 Å². The second kappa shape index (κ2) is 10.6. The molecule has 0 saturated carbocycles. The summed E-state index contributed by atoms with van der Waals surface area (Å²) < 4.78 is 7.52. The van der Waals surface area contributed by atoms with Crippen molar-refractivity contribution < 1.29 is 9.53 Å². The Morgan fingerprint density at radius 3 is 2.45 bits per heavy atom. The fourth-order valence-corrected chi connectivity index (χ4v) is 5.00. The molecule has 1 aliphatic rings. The zero-order valence-corrected chi connectivity index (χ0v) is 20.6. The lowest BCUT2D eigenvalue weighted by molar-refractivity contribution is -0.132. The van der Waals surface area contributed by atoms with Crippen molar-refractivity contribution in [3.8, 4) is 22.8 Å². The minimum Gasteiger partial charge on any atom is -0.496 e. The van der Waals surface area contributed by atoms with Crippen molar-refractivity contribution in [2.24, 2.45) is 0 Å². The van der Waals surface area contributed by atoms with E-state index in [1.807, 2.05) is 64.9 Å². The Balaban J connectivity index is 1.65. The lowest BCUT2D eigenvalue weighted by Gasteiger charge is -2.35. The molecule has 9 heteroatoms. The third-order valence-corrected chi connectivity index (χ3v) is 7.11. The fourth-order valence-electron chi connectivity index (χ4n) is 3.92. The number of nitrogens with zero attached hydrogens (tertiary/aromatic N) is 5. The number of amides is 1. The molecule has 0 unspecified atom stereocenters. The quantitative estimate of drug-likeness (QED) is 0.466. The number of aromatic nitrogens is 3. The maximum atomic E-state index is 13.2. The van der Waals surface area contributed by atoms with E-state index < -0.39 is 0 Å². The molecular weight excluding hydrogens is 458 g/mol. The molecule has 2 heterocycles. The van der Waals surface area contributed by atoms with Gasteiger partial charge in [-0.3, -0.25) is 9.36 Å². The number of carbonyl (C=O) groups is 1. The van der Waals surface area contributed by atoms with E-state index in [2.05, 4.69) is 22.0 Å². The van der Waals surface area contributed by atoms with Gasteiger partial charge in [-0.1, -0.05) is 42.4 Å². The van der Waals surface area contributed by atoms with E-state index in [-0.39, 0.29) is 11.2 Å². The van der Waals surface area contributed by atoms with Crippen LogP contribution in [-0.2, 0) is 4.79 Å². The Bertz CT molecular complexity index is 1100. The van der Waals surface area contributed by atoms with Gasteiger partial charge in [-0.2, -0.15) is 0 Å². The van der Waals surface area contributed by atoms with E-state index in [0.717, 1.165) is 44.0 Å². The van der Waals surface area contributed by atoms with Crippen LogP contribution in [0.5, 0.6) is 5.75 Å². The maximum Gasteiger partial charge on any atom is 0.235 e. The molecule has 1 fully saturated rings. The number of halogens is 1. The molecule has 1 saturated heterocycles. The van der Waals surface area contributed by atoms with Crippen LogP contribution in [0.15, 0.2) is 53.7 Å². The van der Waals surface area contributed by atoms with Crippen molar-refractivity contribution in [2.75, 3.05) is 39.8 Å². The van der Waals surface area contributed by atoms with Gasteiger partial charge in [-0.05, 0) is 49.9 Å². The Hall–Kier alpha value is -2.55. The number of likely N-dealkylation sites (N-methyl/N-ethyl adjacent to an activating group) is 1. The maximum absolute atomic E-state index is 13.2. The summed E-state index contributed by atoms with van der Waals surface area (Å²) in [4.78, 5) is 17.5. The highest BCUT2D eigenvalue weighted by molar-refractivity contribution is 8.00. The van der Waals surface area contributed by atoms with Gasteiger partial charge in [0.05, 0.1) is 17.9 Å². The summed E-state index contributed by atoms with van der Waals surface area (Å²) in [5.74, 6) is 1.48. The van der Waals surface area contributed by atoms with Crippen molar-refractivity contribution in [1.82, 2.24) is 24.6 Å². The van der Waals surface area contributed by atoms with Gasteiger partial charge >= 0.3 is 0 Å². The highest BCUT2D eigenvalue weighted by Gasteiger charge is 2.28. The topological polar surface area (TPSA) is 63.5 Å². The zero-order valence-electron chi connectivity index (χ0n) is 19.1. The SMILES string of the molecule is CCN1CCN(C(=O)[C@H](C)Sc2nnc(-c3ccccc3OC)n2-c2ccc(Cl)cc2)CC1. The van der Waals surface area contributed by atoms with E-state index in [4.69, 9.17) is 16.3 Å². The van der Waals surface area contributed by atoms with Gasteiger partial charge in [-0.25, -0.2) is 0 Å². The van der Waals surface area contributed by atoms with E-state index in [9.17, 15) is 4.79 Å². The van der Waals surface area contributed by atoms with Crippen molar-refractivity contribution in [3.05, 3.63) is 53.6 Å². The number of hydrogen-bond donors (Lipinski definition) is 0. The Labute approximate surface area is 203 Å². The number of carbonyl (C=O) groups excluding carboxylic acids is 1. The molecule has 1 aliphatic heterocycles. The molecule has 4 rings (SSSR count). The molecule has 0 radical (unpaired) electrons. The number of methoxy groups -OCH3 is 1. The molecule has 2 aromatic carbocycles. The van der Waals surface area contributed by atoms with Gasteiger partial charge in [0.15, 0.2) is 11.0 Å². The summed E-state index contributed by atoms with van der Waals surface area (Å²) >= 11 is 7.55. The number of piperazine rings is 1. The smallest absolute Gasteiger partial charge is 0.235 e. The van der Waals surface area contributed by atoms with Crippen LogP contribution in [0.3, 0.4) is 0 Å². The van der Waals surface area contributed by atoms with Crippen molar-refractivity contribution in [3.63, 3.8) is 0 Å². The lowest BCUT2D eigenvalue weighted by Crippen LogP contribution is -2.50. The summed E-state index contributed by atoms with van der Waals surface area (Å²) in [6, 6.07) is 15.2. The van der Waals surface area contributed by atoms with Crippen molar-refractivity contribution in [1.29, 1.82) is 0 Å². The predicted octanol–water partition coefficient (Wildman–Crippen LogP) is 4.24. The largest absolute Gasteiger partial charge is 0.496 e. The Kier molecular flexibility index (Phi) is 7.57. The number of thioether (sulfide) groups is 1. The Morgan fingerprint density at radius 2 is 1.79 bits per heavy atom. The average Bonchev–Trinajstić information content (AvgIpc) is 3.27. The first-order valence-corrected chi connectivity index (χ1v) is 12.3. The first-order valence-electron chi connectivity index (χ1n) is 11.0. The fraction of sp³-hybridized carbons (Fsp3) is 0.375. The molecule has 0 aliphatic carbocycles. The predicted molar refractivity (Wildman–Crippen MR) is 132 cm³/mol. The number of rotatable bonds is 7. The summed E-state index contributed by atoms with van der Waals surface area (Å²) in [7, 11) is 1.64. The minimum atomic E-state index is -0.293. The van der Waals surface area contributed by atoms with Crippen LogP contribution < -0.4 is 4.74 Å². The van der Waals surface area contributed by atoms with Crippen molar-refractivity contribution >= 4 is 29.3 Å². The van der Waals surface area contributed by atoms with Crippen LogP contribution in [0.1, 0.15) is 13.8 Å². The molecule has 33 heavy (non-hydrogen) atoms. The molecule has 1 amide bonds. The summed E-state index contributed by atoms with van der Waals surface area (Å²) in [5.41, 5.74) is 1.69. The Morgan fingerprint density at radius 1 is 1.09 bits per heavy atom. The molecule has 0 spiro atoms. The van der Waals surface area contributed by atoms with Crippen LogP contribution in [0.2, 0.25) is 5.02 Å². The van der Waals surface area contributed by atoms with Crippen molar-refractivity contribution in [2.45, 2.75) is 24.3 Å². The first-order chi connectivity index (χ1) is 16.0. The number of benzene rings is 2. The third kappa shape index (κ3) is 5.18. The van der Waals surface area contributed by atoms with Crippen LogP contribution in [0.4, 0.5) is 0 Å². The highest BCUT2D eigenvalue weighted by atomic mass is 35.5. The van der Waals surface area contributed by atoms with E-state index in [1.54, 1.807) is 7.11 Å². The number of para-hydroxylation sites is 1. The molecule has 1 atom stereocenters. The summed E-state index contributed by atoms with van der Waals surface area (Å²) in [6.07, 6.45) is 0. The van der Waals surface area contributed by atoms with Gasteiger partial charge in [0.25, 0.3) is 0 Å². The standard InChI is InChI=1S/C24H28ClN5O2S/c1-4-28-13-15-29(16-14-28)23(31)17(2)33-24-27-26-22(20-7-5-6-8-21(20)32-3)30(24)19-11-9-18(25)10-12-19/h5-12,17H,4,13-16H2,1-3H3/t17-/m0/s1. The van der Waals surface area contributed by atoms with Gasteiger partial charge < -0.3 is 14.5 Å². The monoisotopic (exact) mass is 485 g/mol. The molecule has 0 bridgehead atoms. The molecule has 0 N–H and O–H groups in total. The normalized spacial score (nSPS) is 15.5. The van der Waals surface area contributed by atoms with E-state index >= 15 is 0 Å². The minimum absolute atomic E-state index is 0.125. The van der Waals surface area contributed by atoms with Crippen LogP contribution in [0, 0.1) is 0 Å². The molecule has 174 valence electrons. The second-order valence-electron chi connectivity index (χ2n) is 7.84. The highest BCUT2D eigenvalue weighted by Crippen LogP contribution is 2.35. The second-order valence-corrected chi connectivity index (χ2v) is 9.58. The zero-order chi connectivity index (χ0) is 23.4. The third-order valence-electron chi connectivity index (χ3n) is 5.83. The first kappa shape index (κ1) is 23.6. The number of hydrogen-bond acceptors (Lipinski definition) is 6. The summed E-state index contributed by atoms with van der Waals surface area (Å²) in [5, 5.41) is 9.96. The van der Waals surface area contributed by atoms with Gasteiger partial charge in [0, 0.05) is 36.9 Å². The van der Waals surface area contributed by atoms with Crippen LogP contribution in [0.25, 0.3) is 17.1 Å². The molecule has 3 aromatic rings. The van der Waals surface area contributed by atoms with Crippen LogP contribution in [-0.4, -0.2) is 75.6 Å². The number of ether oxygens (including phenoxy) is 1. The van der Waals surface area contributed by atoms with Crippen LogP contribution >= 0.6 is 23.4 Å². The summed E-state index contributed by atoms with van der Waals surface area (Å²) in [6.45, 7) is 8.45. The van der Waals surface area contributed by atoms with Gasteiger partial charge in [-0.15, -0.1) is 10.2 Å². The molecule has 7 nitrogen and oxygen atoms in total.